The standard InChI is InChI=1S/C20H20N4O2/c1-14-12-19(22-15(2)25)24(23-14)18-10-8-17(9-11-18)20(26)21-13-16-6-4-3-5-7-16/h3-12H,13H2,1-2H3,(H,21,26)(H,22,25). The zero-order valence-electron chi connectivity index (χ0n) is 14.7. The molecule has 0 saturated carbocycles. The van der Waals surface area contributed by atoms with Crippen LogP contribution in [-0.2, 0) is 11.3 Å². The van der Waals surface area contributed by atoms with Crippen LogP contribution in [0.3, 0.4) is 0 Å². The highest BCUT2D eigenvalue weighted by Crippen LogP contribution is 2.18. The van der Waals surface area contributed by atoms with Gasteiger partial charge >= 0.3 is 0 Å². The van der Waals surface area contributed by atoms with Crippen LogP contribution in [0.2, 0.25) is 0 Å². The highest BCUT2D eigenvalue weighted by atomic mass is 16.2. The number of carbonyl (C=O) groups excluding carboxylic acids is 2. The predicted octanol–water partition coefficient (Wildman–Crippen LogP) is 3.07. The number of anilines is 1. The molecule has 6 nitrogen and oxygen atoms in total. The van der Waals surface area contributed by atoms with Crippen molar-refractivity contribution in [2.45, 2.75) is 20.4 Å². The quantitative estimate of drug-likeness (QED) is 0.744. The molecule has 132 valence electrons. The Hall–Kier alpha value is -3.41. The second kappa shape index (κ2) is 7.65. The van der Waals surface area contributed by atoms with Gasteiger partial charge in [-0.1, -0.05) is 30.3 Å². The fourth-order valence-corrected chi connectivity index (χ4v) is 2.60. The summed E-state index contributed by atoms with van der Waals surface area (Å²) in [5, 5.41) is 10.0. The van der Waals surface area contributed by atoms with Crippen LogP contribution in [0, 0.1) is 6.92 Å². The van der Waals surface area contributed by atoms with Crippen LogP contribution >= 0.6 is 0 Å². The fraction of sp³-hybridized carbons (Fsp3) is 0.150. The van der Waals surface area contributed by atoms with Gasteiger partial charge in [0.05, 0.1) is 11.4 Å². The zero-order chi connectivity index (χ0) is 18.5. The number of benzene rings is 2. The smallest absolute Gasteiger partial charge is 0.251 e. The summed E-state index contributed by atoms with van der Waals surface area (Å²) in [7, 11) is 0. The molecule has 6 heteroatoms. The molecule has 0 aliphatic heterocycles. The number of amides is 2. The maximum absolute atomic E-state index is 12.3. The first-order valence-corrected chi connectivity index (χ1v) is 8.30. The largest absolute Gasteiger partial charge is 0.348 e. The zero-order valence-corrected chi connectivity index (χ0v) is 14.7. The van der Waals surface area contributed by atoms with Crippen molar-refractivity contribution in [1.29, 1.82) is 0 Å². The third kappa shape index (κ3) is 4.16. The molecule has 0 spiro atoms. The number of carbonyl (C=O) groups is 2. The van der Waals surface area contributed by atoms with E-state index in [4.69, 9.17) is 0 Å². The maximum Gasteiger partial charge on any atom is 0.251 e. The highest BCUT2D eigenvalue weighted by molar-refractivity contribution is 5.94. The Morgan fingerprint density at radius 2 is 1.73 bits per heavy atom. The summed E-state index contributed by atoms with van der Waals surface area (Å²) in [5.74, 6) is 0.290. The summed E-state index contributed by atoms with van der Waals surface area (Å²) in [6.07, 6.45) is 0. The van der Waals surface area contributed by atoms with Crippen molar-refractivity contribution in [2.24, 2.45) is 0 Å². The number of aromatic nitrogens is 2. The Labute approximate surface area is 151 Å². The average Bonchev–Trinajstić information content (AvgIpc) is 3.00. The second-order valence-electron chi connectivity index (χ2n) is 5.98. The summed E-state index contributed by atoms with van der Waals surface area (Å²) < 4.78 is 1.64. The molecule has 0 unspecified atom stereocenters. The average molecular weight is 348 g/mol. The first kappa shape index (κ1) is 17.4. The summed E-state index contributed by atoms with van der Waals surface area (Å²) in [5.41, 5.74) is 3.17. The van der Waals surface area contributed by atoms with E-state index in [1.807, 2.05) is 37.3 Å². The van der Waals surface area contributed by atoms with Gasteiger partial charge in [-0.3, -0.25) is 9.59 Å². The summed E-state index contributed by atoms with van der Waals surface area (Å²) in [4.78, 5) is 23.6. The van der Waals surface area contributed by atoms with Crippen LogP contribution in [0.5, 0.6) is 0 Å². The lowest BCUT2D eigenvalue weighted by Crippen LogP contribution is -2.22. The van der Waals surface area contributed by atoms with Gasteiger partial charge in [0.2, 0.25) is 5.91 Å². The van der Waals surface area contributed by atoms with Crippen LogP contribution in [0.25, 0.3) is 5.69 Å². The van der Waals surface area contributed by atoms with E-state index >= 15 is 0 Å². The molecule has 0 saturated heterocycles. The molecule has 2 aromatic carbocycles. The molecule has 0 bridgehead atoms. The molecule has 2 N–H and O–H groups in total. The van der Waals surface area contributed by atoms with E-state index in [1.165, 1.54) is 6.92 Å². The molecular weight excluding hydrogens is 328 g/mol. The Morgan fingerprint density at radius 1 is 1.04 bits per heavy atom. The minimum atomic E-state index is -0.164. The monoisotopic (exact) mass is 348 g/mol. The van der Waals surface area contributed by atoms with Gasteiger partial charge in [-0.2, -0.15) is 5.10 Å². The number of aryl methyl sites for hydroxylation is 1. The molecular formula is C20H20N4O2. The van der Waals surface area contributed by atoms with E-state index < -0.39 is 0 Å². The van der Waals surface area contributed by atoms with Crippen LogP contribution in [0.1, 0.15) is 28.5 Å². The van der Waals surface area contributed by atoms with Crippen LogP contribution < -0.4 is 10.6 Å². The lowest BCUT2D eigenvalue weighted by Gasteiger charge is -2.09. The first-order valence-electron chi connectivity index (χ1n) is 8.30. The molecule has 0 atom stereocenters. The van der Waals surface area contributed by atoms with Crippen LogP contribution in [0.4, 0.5) is 5.82 Å². The van der Waals surface area contributed by atoms with Crippen molar-refractivity contribution in [2.75, 3.05) is 5.32 Å². The van der Waals surface area contributed by atoms with Crippen molar-refractivity contribution in [3.05, 3.63) is 77.5 Å². The van der Waals surface area contributed by atoms with Crippen LogP contribution in [0.15, 0.2) is 60.7 Å². The molecule has 0 radical (unpaired) electrons. The third-order valence-electron chi connectivity index (χ3n) is 3.81. The van der Waals surface area contributed by atoms with Crippen molar-refractivity contribution >= 4 is 17.6 Å². The molecule has 3 aromatic rings. The van der Waals surface area contributed by atoms with Crippen molar-refractivity contribution in [1.82, 2.24) is 15.1 Å². The molecule has 2 amide bonds. The maximum atomic E-state index is 12.3. The number of hydrogen-bond acceptors (Lipinski definition) is 3. The number of rotatable bonds is 5. The third-order valence-corrected chi connectivity index (χ3v) is 3.81. The normalized spacial score (nSPS) is 10.4. The van der Waals surface area contributed by atoms with Gasteiger partial charge in [0.1, 0.15) is 5.82 Å². The summed E-state index contributed by atoms with van der Waals surface area (Å²) in [6.45, 7) is 3.78. The Bertz CT molecular complexity index is 915. The van der Waals surface area contributed by atoms with Gasteiger partial charge in [0.15, 0.2) is 0 Å². The lowest BCUT2D eigenvalue weighted by atomic mass is 10.2. The van der Waals surface area contributed by atoms with Crippen LogP contribution in [-0.4, -0.2) is 21.6 Å². The van der Waals surface area contributed by atoms with Gasteiger partial charge in [0.25, 0.3) is 5.91 Å². The first-order chi connectivity index (χ1) is 12.5. The summed E-state index contributed by atoms with van der Waals surface area (Å²) in [6, 6.07) is 18.6. The SMILES string of the molecule is CC(=O)Nc1cc(C)nn1-c1ccc(C(=O)NCc2ccccc2)cc1. The molecule has 0 fully saturated rings. The van der Waals surface area contributed by atoms with E-state index in [0.717, 1.165) is 16.9 Å². The van der Waals surface area contributed by atoms with Crippen molar-refractivity contribution in [3.8, 4) is 5.69 Å². The second-order valence-corrected chi connectivity index (χ2v) is 5.98. The molecule has 0 aliphatic carbocycles. The van der Waals surface area contributed by atoms with Gasteiger partial charge in [0, 0.05) is 25.1 Å². The highest BCUT2D eigenvalue weighted by Gasteiger charge is 2.10. The van der Waals surface area contributed by atoms with E-state index in [1.54, 1.807) is 35.0 Å². The Kier molecular flexibility index (Phi) is 5.12. The van der Waals surface area contributed by atoms with Gasteiger partial charge < -0.3 is 10.6 Å². The number of hydrogen-bond donors (Lipinski definition) is 2. The van der Waals surface area contributed by atoms with E-state index in [0.29, 0.717) is 17.9 Å². The minimum Gasteiger partial charge on any atom is -0.348 e. The number of nitrogens with zero attached hydrogens (tertiary/aromatic N) is 2. The van der Waals surface area contributed by atoms with Gasteiger partial charge in [-0.05, 0) is 36.8 Å². The topological polar surface area (TPSA) is 76.0 Å². The minimum absolute atomic E-state index is 0.140. The van der Waals surface area contributed by atoms with Gasteiger partial charge in [-0.15, -0.1) is 0 Å². The fourth-order valence-electron chi connectivity index (χ4n) is 2.60. The van der Waals surface area contributed by atoms with E-state index in [9.17, 15) is 9.59 Å². The molecule has 1 aromatic heterocycles. The molecule has 3 rings (SSSR count). The van der Waals surface area contributed by atoms with E-state index in [2.05, 4.69) is 15.7 Å². The molecule has 26 heavy (non-hydrogen) atoms. The molecule has 1 heterocycles. The predicted molar refractivity (Wildman–Crippen MR) is 100 cm³/mol. The Morgan fingerprint density at radius 3 is 2.38 bits per heavy atom. The lowest BCUT2D eigenvalue weighted by molar-refractivity contribution is -0.114. The van der Waals surface area contributed by atoms with Crippen molar-refractivity contribution in [3.63, 3.8) is 0 Å². The van der Waals surface area contributed by atoms with Crippen molar-refractivity contribution < 1.29 is 9.59 Å². The number of nitrogens with one attached hydrogen (secondary N) is 2. The molecule has 0 aliphatic rings. The summed E-state index contributed by atoms with van der Waals surface area (Å²) >= 11 is 0. The Balaban J connectivity index is 1.72. The van der Waals surface area contributed by atoms with E-state index in [-0.39, 0.29) is 11.8 Å². The van der Waals surface area contributed by atoms with Gasteiger partial charge in [-0.25, -0.2) is 4.68 Å².